The highest BCUT2D eigenvalue weighted by atomic mass is 32.2. The predicted octanol–water partition coefficient (Wildman–Crippen LogP) is 3.77. The maximum atomic E-state index is 12.6. The number of hydrogen-bond acceptors (Lipinski definition) is 7. The van der Waals surface area contributed by atoms with Crippen molar-refractivity contribution < 1.29 is 30.7 Å². The standard InChI is InChI=1S/C20H17NO7S4/c1-12(30-20(29)13-5-3-2-4-6-13)19(22)21-15-8-7-14-9-16(31(23,24)25)11-18(17(14)10-15)32(26,27)28/h2-12H,1H3,(H,21,22)(H,23,24,25)(H,26,27,28). The van der Waals surface area contributed by atoms with Crippen molar-refractivity contribution in [2.75, 3.05) is 5.32 Å². The van der Waals surface area contributed by atoms with E-state index in [9.17, 15) is 30.7 Å². The Morgan fingerprint density at radius 2 is 1.62 bits per heavy atom. The van der Waals surface area contributed by atoms with Gasteiger partial charge < -0.3 is 5.32 Å². The molecule has 0 fully saturated rings. The number of anilines is 1. The van der Waals surface area contributed by atoms with E-state index in [2.05, 4.69) is 5.32 Å². The third-order valence-electron chi connectivity index (χ3n) is 4.40. The normalized spacial score (nSPS) is 13.0. The summed E-state index contributed by atoms with van der Waals surface area (Å²) >= 11 is 6.55. The Labute approximate surface area is 194 Å². The van der Waals surface area contributed by atoms with Crippen molar-refractivity contribution in [3.8, 4) is 0 Å². The zero-order valence-electron chi connectivity index (χ0n) is 16.4. The molecule has 12 heteroatoms. The van der Waals surface area contributed by atoms with Crippen LogP contribution in [0.3, 0.4) is 0 Å². The smallest absolute Gasteiger partial charge is 0.295 e. The summed E-state index contributed by atoms with van der Waals surface area (Å²) in [4.78, 5) is 11.2. The largest absolute Gasteiger partial charge is 0.325 e. The molecule has 3 aromatic rings. The highest BCUT2D eigenvalue weighted by Gasteiger charge is 2.22. The molecule has 168 valence electrons. The second-order valence-corrected chi connectivity index (χ2v) is 11.5. The first kappa shape index (κ1) is 24.3. The summed E-state index contributed by atoms with van der Waals surface area (Å²) in [5.74, 6) is -0.393. The first-order chi connectivity index (χ1) is 14.9. The van der Waals surface area contributed by atoms with E-state index in [1.807, 2.05) is 30.3 Å². The zero-order valence-corrected chi connectivity index (χ0v) is 19.7. The summed E-state index contributed by atoms with van der Waals surface area (Å²) in [6.07, 6.45) is 0. The molecular formula is C20H17NO7S4. The first-order valence-corrected chi connectivity index (χ1v) is 13.1. The van der Waals surface area contributed by atoms with Crippen molar-refractivity contribution in [1.82, 2.24) is 0 Å². The average molecular weight is 512 g/mol. The van der Waals surface area contributed by atoms with Gasteiger partial charge in [0.05, 0.1) is 14.3 Å². The van der Waals surface area contributed by atoms with E-state index in [1.165, 1.54) is 30.0 Å². The molecule has 0 spiro atoms. The van der Waals surface area contributed by atoms with Gasteiger partial charge in [0.2, 0.25) is 5.91 Å². The van der Waals surface area contributed by atoms with E-state index < -0.39 is 41.2 Å². The number of thioether (sulfide) groups is 1. The van der Waals surface area contributed by atoms with Gasteiger partial charge in [-0.15, -0.1) is 11.8 Å². The Balaban J connectivity index is 1.89. The molecule has 0 saturated carbocycles. The summed E-state index contributed by atoms with van der Waals surface area (Å²) in [6.45, 7) is 1.66. The highest BCUT2D eigenvalue weighted by Crippen LogP contribution is 2.30. The highest BCUT2D eigenvalue weighted by molar-refractivity contribution is 8.24. The van der Waals surface area contributed by atoms with Crippen LogP contribution in [0, 0.1) is 0 Å². The fraction of sp³-hybridized carbons (Fsp3) is 0.100. The molecule has 1 unspecified atom stereocenters. The fourth-order valence-electron chi connectivity index (χ4n) is 2.84. The van der Waals surface area contributed by atoms with Crippen LogP contribution in [-0.2, 0) is 25.0 Å². The molecule has 0 aliphatic heterocycles. The monoisotopic (exact) mass is 511 g/mol. The molecule has 0 saturated heterocycles. The maximum absolute atomic E-state index is 12.6. The number of carbonyl (C=O) groups excluding carboxylic acids is 1. The van der Waals surface area contributed by atoms with Gasteiger partial charge in [0, 0.05) is 11.1 Å². The Bertz CT molecular complexity index is 1420. The first-order valence-electron chi connectivity index (χ1n) is 8.96. The molecule has 0 aliphatic rings. The molecule has 0 aromatic heterocycles. The van der Waals surface area contributed by atoms with Gasteiger partial charge in [0.15, 0.2) is 0 Å². The van der Waals surface area contributed by atoms with Gasteiger partial charge in [-0.2, -0.15) is 16.8 Å². The Morgan fingerprint density at radius 1 is 0.969 bits per heavy atom. The van der Waals surface area contributed by atoms with E-state index in [0.29, 0.717) is 10.3 Å². The SMILES string of the molecule is CC(SC(=S)c1ccccc1)C(=O)Nc1ccc2cc(S(=O)(=O)O)cc(S(=O)(=O)O)c2c1. The molecule has 0 heterocycles. The molecular weight excluding hydrogens is 494 g/mol. The van der Waals surface area contributed by atoms with Crippen molar-refractivity contribution in [3.05, 3.63) is 66.2 Å². The number of amides is 1. The Morgan fingerprint density at radius 3 is 2.22 bits per heavy atom. The lowest BCUT2D eigenvalue weighted by Crippen LogP contribution is -2.23. The minimum absolute atomic E-state index is 0.0298. The van der Waals surface area contributed by atoms with Gasteiger partial charge in [-0.05, 0) is 42.1 Å². The van der Waals surface area contributed by atoms with E-state index >= 15 is 0 Å². The quantitative estimate of drug-likeness (QED) is 0.333. The number of nitrogens with one attached hydrogen (secondary N) is 1. The van der Waals surface area contributed by atoms with Gasteiger partial charge >= 0.3 is 0 Å². The van der Waals surface area contributed by atoms with E-state index in [-0.39, 0.29) is 16.5 Å². The Hall–Kier alpha value is -2.35. The van der Waals surface area contributed by atoms with E-state index in [0.717, 1.165) is 11.6 Å². The molecule has 8 nitrogen and oxygen atoms in total. The number of thiocarbonyl (C=S) groups is 1. The summed E-state index contributed by atoms with van der Waals surface area (Å²) in [6, 6.07) is 15.0. The van der Waals surface area contributed by atoms with Gasteiger partial charge in [0.25, 0.3) is 20.2 Å². The van der Waals surface area contributed by atoms with Crippen LogP contribution in [0.2, 0.25) is 0 Å². The molecule has 3 aromatic carbocycles. The fourth-order valence-corrected chi connectivity index (χ4v) is 5.51. The maximum Gasteiger partial charge on any atom is 0.295 e. The molecule has 1 amide bonds. The van der Waals surface area contributed by atoms with Crippen LogP contribution >= 0.6 is 24.0 Å². The van der Waals surface area contributed by atoms with Crippen molar-refractivity contribution in [2.45, 2.75) is 22.0 Å². The van der Waals surface area contributed by atoms with E-state index in [4.69, 9.17) is 12.2 Å². The second-order valence-electron chi connectivity index (χ2n) is 6.71. The minimum Gasteiger partial charge on any atom is -0.325 e. The van der Waals surface area contributed by atoms with Crippen LogP contribution in [0.4, 0.5) is 5.69 Å². The van der Waals surface area contributed by atoms with Gasteiger partial charge in [0.1, 0.15) is 4.90 Å². The van der Waals surface area contributed by atoms with Crippen LogP contribution in [-0.4, -0.2) is 41.3 Å². The van der Waals surface area contributed by atoms with Crippen molar-refractivity contribution in [2.24, 2.45) is 0 Å². The Kier molecular flexibility index (Phi) is 7.03. The van der Waals surface area contributed by atoms with Crippen LogP contribution < -0.4 is 5.32 Å². The number of rotatable bonds is 6. The molecule has 0 aliphatic carbocycles. The summed E-state index contributed by atoms with van der Waals surface area (Å²) in [5.41, 5.74) is 1.04. The van der Waals surface area contributed by atoms with E-state index in [1.54, 1.807) is 6.92 Å². The van der Waals surface area contributed by atoms with Gasteiger partial charge in [-0.1, -0.05) is 48.6 Å². The summed E-state index contributed by atoms with van der Waals surface area (Å²) in [7, 11) is -9.54. The van der Waals surface area contributed by atoms with Crippen LogP contribution in [0.15, 0.2) is 70.5 Å². The van der Waals surface area contributed by atoms with Crippen LogP contribution in [0.5, 0.6) is 0 Å². The molecule has 32 heavy (non-hydrogen) atoms. The van der Waals surface area contributed by atoms with Gasteiger partial charge in [-0.25, -0.2) is 0 Å². The lowest BCUT2D eigenvalue weighted by atomic mass is 10.1. The summed E-state index contributed by atoms with van der Waals surface area (Å²) < 4.78 is 65.8. The van der Waals surface area contributed by atoms with Gasteiger partial charge in [-0.3, -0.25) is 13.9 Å². The third kappa shape index (κ3) is 5.71. The summed E-state index contributed by atoms with van der Waals surface area (Å²) in [5, 5.41) is 2.18. The number of benzene rings is 3. The zero-order chi connectivity index (χ0) is 23.7. The van der Waals surface area contributed by atoms with Crippen molar-refractivity contribution >= 4 is 70.8 Å². The number of carbonyl (C=O) groups is 1. The molecule has 3 N–H and O–H groups in total. The number of hydrogen-bond donors (Lipinski definition) is 3. The van der Waals surface area contributed by atoms with Crippen molar-refractivity contribution in [1.29, 1.82) is 0 Å². The van der Waals surface area contributed by atoms with Crippen LogP contribution in [0.1, 0.15) is 12.5 Å². The van der Waals surface area contributed by atoms with Crippen LogP contribution in [0.25, 0.3) is 10.8 Å². The molecule has 0 bridgehead atoms. The lowest BCUT2D eigenvalue weighted by Gasteiger charge is -2.14. The molecule has 1 atom stereocenters. The second kappa shape index (κ2) is 9.25. The third-order valence-corrected chi connectivity index (χ3v) is 7.66. The minimum atomic E-state index is -4.83. The van der Waals surface area contributed by atoms with Crippen molar-refractivity contribution in [3.63, 3.8) is 0 Å². The topological polar surface area (TPSA) is 138 Å². The average Bonchev–Trinajstić information content (AvgIpc) is 2.72. The lowest BCUT2D eigenvalue weighted by molar-refractivity contribution is -0.115. The molecule has 3 rings (SSSR count). The number of fused-ring (bicyclic) bond motifs is 1. The molecule has 0 radical (unpaired) electrons. The predicted molar refractivity (Wildman–Crippen MR) is 127 cm³/mol.